The van der Waals surface area contributed by atoms with Gasteiger partial charge < -0.3 is 9.72 Å². The first kappa shape index (κ1) is 18.5. The molecule has 0 bridgehead atoms. The third-order valence-corrected chi connectivity index (χ3v) is 5.33. The van der Waals surface area contributed by atoms with Gasteiger partial charge in [-0.1, -0.05) is 18.2 Å². The summed E-state index contributed by atoms with van der Waals surface area (Å²) >= 11 is 6.34. The Balaban J connectivity index is 1.60. The molecule has 0 unspecified atom stereocenters. The molecule has 0 radical (unpaired) electrons. The fourth-order valence-corrected chi connectivity index (χ4v) is 3.67. The number of nitrogens with zero attached hydrogens (tertiary/aromatic N) is 4. The first-order valence-corrected chi connectivity index (χ1v) is 9.35. The highest BCUT2D eigenvalue weighted by molar-refractivity contribution is 6.35. The molecule has 3 aromatic heterocycles. The van der Waals surface area contributed by atoms with Crippen molar-refractivity contribution >= 4 is 46.0 Å². The van der Waals surface area contributed by atoms with Crippen molar-refractivity contribution in [3.05, 3.63) is 53.5 Å². The number of halogens is 3. The zero-order valence-corrected chi connectivity index (χ0v) is 16.0. The van der Waals surface area contributed by atoms with Gasteiger partial charge in [-0.05, 0) is 12.5 Å². The van der Waals surface area contributed by atoms with Gasteiger partial charge in [0.1, 0.15) is 6.17 Å². The number of anilines is 1. The molecule has 1 fully saturated rings. The van der Waals surface area contributed by atoms with Crippen LogP contribution in [0.4, 0.5) is 14.6 Å². The molecule has 30 heavy (non-hydrogen) atoms. The summed E-state index contributed by atoms with van der Waals surface area (Å²) < 4.78 is 29.6. The lowest BCUT2D eigenvalue weighted by atomic mass is 10.0. The number of aromatic amines is 1. The van der Waals surface area contributed by atoms with Crippen LogP contribution in [-0.4, -0.2) is 36.6 Å². The molecule has 0 spiro atoms. The molecular formula is C20H13ClF2N6O. The minimum Gasteiger partial charge on any atom is -0.309 e. The maximum absolute atomic E-state index is 14.9. The largest absolute Gasteiger partial charge is 0.309 e. The summed E-state index contributed by atoms with van der Waals surface area (Å²) in [5.74, 6) is -1.40. The van der Waals surface area contributed by atoms with Crippen molar-refractivity contribution in [2.24, 2.45) is 5.92 Å². The second kappa shape index (κ2) is 6.76. The minimum absolute atomic E-state index is 0.117. The number of hydrogen-bond acceptors (Lipinski definition) is 4. The number of fused-ring (bicyclic) bond motifs is 2. The molecule has 2 N–H and O–H groups in total. The van der Waals surface area contributed by atoms with Crippen LogP contribution in [0.1, 0.15) is 12.0 Å². The Morgan fingerprint density at radius 1 is 1.43 bits per heavy atom. The van der Waals surface area contributed by atoms with Crippen molar-refractivity contribution < 1.29 is 13.6 Å². The van der Waals surface area contributed by atoms with Crippen molar-refractivity contribution in [1.29, 1.82) is 0 Å². The maximum Gasteiger partial charge on any atom is 0.231 e. The van der Waals surface area contributed by atoms with E-state index in [-0.39, 0.29) is 22.8 Å². The number of H-pyrrole nitrogens is 1. The number of alkyl halides is 1. The Hall–Kier alpha value is -3.55. The number of carbonyl (C=O) groups is 1. The lowest BCUT2D eigenvalue weighted by Crippen LogP contribution is -2.15. The van der Waals surface area contributed by atoms with Gasteiger partial charge in [-0.15, -0.1) is 5.73 Å². The number of rotatable bonds is 4. The number of hydrogen-bond donors (Lipinski definition) is 2. The van der Waals surface area contributed by atoms with Gasteiger partial charge in [0.25, 0.3) is 0 Å². The molecule has 1 aliphatic carbocycles. The van der Waals surface area contributed by atoms with Crippen LogP contribution in [0.3, 0.4) is 0 Å². The van der Waals surface area contributed by atoms with E-state index in [0.717, 1.165) is 0 Å². The van der Waals surface area contributed by atoms with Crippen molar-refractivity contribution in [3.63, 3.8) is 0 Å². The Morgan fingerprint density at radius 2 is 2.23 bits per heavy atom. The van der Waals surface area contributed by atoms with Crippen LogP contribution in [0.5, 0.6) is 0 Å². The monoisotopic (exact) mass is 426 g/mol. The average Bonchev–Trinajstić information content (AvgIpc) is 3.11. The van der Waals surface area contributed by atoms with E-state index in [1.165, 1.54) is 18.5 Å². The number of carbonyl (C=O) groups excluding carboxylic acids is 1. The van der Waals surface area contributed by atoms with Crippen LogP contribution >= 0.6 is 11.6 Å². The van der Waals surface area contributed by atoms with Crippen LogP contribution in [-0.2, 0) is 4.79 Å². The molecule has 3 heterocycles. The van der Waals surface area contributed by atoms with Crippen molar-refractivity contribution in [1.82, 2.24) is 24.6 Å². The third kappa shape index (κ3) is 2.87. The fraction of sp³-hybridized carbons (Fsp3) is 0.150. The summed E-state index contributed by atoms with van der Waals surface area (Å²) in [6.07, 6.45) is 6.70. The van der Waals surface area contributed by atoms with E-state index >= 15 is 0 Å². The summed E-state index contributed by atoms with van der Waals surface area (Å²) in [7, 11) is 0. The first-order valence-electron chi connectivity index (χ1n) is 8.98. The predicted octanol–water partition coefficient (Wildman–Crippen LogP) is 4.16. The quantitative estimate of drug-likeness (QED) is 0.480. The second-order valence-electron chi connectivity index (χ2n) is 6.94. The van der Waals surface area contributed by atoms with Gasteiger partial charge in [-0.25, -0.2) is 13.8 Å². The summed E-state index contributed by atoms with van der Waals surface area (Å²) in [6, 6.07) is 0. The molecule has 150 valence electrons. The van der Waals surface area contributed by atoms with Crippen LogP contribution in [0.25, 0.3) is 33.9 Å². The normalized spacial score (nSPS) is 17.8. The lowest BCUT2D eigenvalue weighted by molar-refractivity contribution is -0.117. The van der Waals surface area contributed by atoms with Gasteiger partial charge in [0.2, 0.25) is 5.91 Å². The number of nitrogens with one attached hydrogen (secondary N) is 2. The molecule has 2 atom stereocenters. The van der Waals surface area contributed by atoms with Crippen molar-refractivity contribution in [2.45, 2.75) is 12.6 Å². The summed E-state index contributed by atoms with van der Waals surface area (Å²) in [6.45, 7) is 3.48. The molecular weight excluding hydrogens is 414 g/mol. The zero-order valence-electron chi connectivity index (χ0n) is 15.3. The highest BCUT2D eigenvalue weighted by Gasteiger charge is 2.43. The summed E-state index contributed by atoms with van der Waals surface area (Å²) in [5.41, 5.74) is 4.38. The van der Waals surface area contributed by atoms with Crippen LogP contribution < -0.4 is 5.32 Å². The van der Waals surface area contributed by atoms with E-state index in [1.54, 1.807) is 16.8 Å². The molecule has 5 rings (SSSR count). The van der Waals surface area contributed by atoms with E-state index in [4.69, 9.17) is 11.6 Å². The smallest absolute Gasteiger partial charge is 0.231 e. The van der Waals surface area contributed by atoms with Crippen LogP contribution in [0.15, 0.2) is 37.1 Å². The highest BCUT2D eigenvalue weighted by atomic mass is 35.5. The average molecular weight is 427 g/mol. The fourth-order valence-electron chi connectivity index (χ4n) is 3.37. The van der Waals surface area contributed by atoms with E-state index in [0.29, 0.717) is 27.8 Å². The van der Waals surface area contributed by atoms with Gasteiger partial charge in [0, 0.05) is 22.7 Å². The van der Waals surface area contributed by atoms with Gasteiger partial charge in [-0.3, -0.25) is 14.9 Å². The number of amides is 1. The minimum atomic E-state index is -1.09. The van der Waals surface area contributed by atoms with E-state index < -0.39 is 23.8 Å². The number of aromatic nitrogens is 5. The molecule has 7 nitrogen and oxygen atoms in total. The summed E-state index contributed by atoms with van der Waals surface area (Å²) in [4.78, 5) is 20.5. The van der Waals surface area contributed by atoms with Gasteiger partial charge >= 0.3 is 0 Å². The van der Waals surface area contributed by atoms with Gasteiger partial charge in [0.05, 0.1) is 40.7 Å². The topological polar surface area (TPSA) is 88.0 Å². The standard InChI is InChI=1S/C20H13ClF2N6O/c1-2-3-9-18(23)17(21)16(11-5-25-28-19(9)11)13-7-29-8-14(26-15(29)6-24-13)27-20(30)10-4-12(10)22/h3,5-8,10,12H,1,4H2,(H,25,28)(H,27,30)/t10-,12+/m1/s1. The molecule has 4 aromatic rings. The number of benzene rings is 1. The van der Waals surface area contributed by atoms with E-state index in [1.807, 2.05) is 0 Å². The molecule has 10 heteroatoms. The Bertz CT molecular complexity index is 1390. The van der Waals surface area contributed by atoms with Crippen LogP contribution in [0, 0.1) is 11.7 Å². The van der Waals surface area contributed by atoms with Gasteiger partial charge in [-0.2, -0.15) is 5.10 Å². The molecule has 1 aliphatic rings. The second-order valence-corrected chi connectivity index (χ2v) is 7.31. The Labute approximate surface area is 173 Å². The van der Waals surface area contributed by atoms with Crippen LogP contribution in [0.2, 0.25) is 5.02 Å². The van der Waals surface area contributed by atoms with Crippen molar-refractivity contribution in [2.75, 3.05) is 5.32 Å². The molecule has 0 aliphatic heterocycles. The Kier molecular flexibility index (Phi) is 4.16. The lowest BCUT2D eigenvalue weighted by Gasteiger charge is -2.10. The molecule has 1 amide bonds. The van der Waals surface area contributed by atoms with E-state index in [2.05, 4.69) is 37.8 Å². The predicted molar refractivity (Wildman–Crippen MR) is 108 cm³/mol. The highest BCUT2D eigenvalue weighted by Crippen LogP contribution is 2.39. The third-order valence-electron chi connectivity index (χ3n) is 4.97. The zero-order chi connectivity index (χ0) is 21.0. The van der Waals surface area contributed by atoms with Gasteiger partial charge in [0.15, 0.2) is 17.3 Å². The maximum atomic E-state index is 14.9. The summed E-state index contributed by atoms with van der Waals surface area (Å²) in [5, 5.41) is 9.81. The molecule has 1 aromatic carbocycles. The van der Waals surface area contributed by atoms with Crippen molar-refractivity contribution in [3.8, 4) is 11.3 Å². The van der Waals surface area contributed by atoms with E-state index in [9.17, 15) is 13.6 Å². The Morgan fingerprint density at radius 3 is 2.97 bits per heavy atom. The SMILES string of the molecule is C=C=Cc1c(F)c(Cl)c(-c2cn3cc(NC(=O)[C@@H]4C[C@@H]4F)nc3cn2)c2cn[nH]c12. The molecule has 0 saturated heterocycles. The first-order chi connectivity index (χ1) is 14.5. The number of imidazole rings is 1. The molecule has 1 saturated carbocycles.